The molecule has 0 spiro atoms. The second-order valence-corrected chi connectivity index (χ2v) is 8.80. The number of hydrogen-bond donors (Lipinski definition) is 0. The minimum Gasteiger partial charge on any atom is -0.497 e. The number of hydrogen-bond acceptors (Lipinski definition) is 7. The van der Waals surface area contributed by atoms with Gasteiger partial charge in [0.1, 0.15) is 12.1 Å². The Bertz CT molecular complexity index is 1340. The molecule has 1 fully saturated rings. The van der Waals surface area contributed by atoms with Crippen LogP contribution in [0.5, 0.6) is 5.75 Å². The average molecular weight is 529 g/mol. The highest BCUT2D eigenvalue weighted by atomic mass is 79.9. The minimum absolute atomic E-state index is 0.0854. The van der Waals surface area contributed by atoms with Gasteiger partial charge in [-0.05, 0) is 30.3 Å². The molecule has 2 aromatic heterocycles. The summed E-state index contributed by atoms with van der Waals surface area (Å²) in [5, 5.41) is 9.09. The molecule has 0 unspecified atom stereocenters. The molecule has 168 valence electrons. The molecule has 0 atom stereocenters. The van der Waals surface area contributed by atoms with Gasteiger partial charge in [-0.15, -0.1) is 5.10 Å². The molecule has 33 heavy (non-hydrogen) atoms. The van der Waals surface area contributed by atoms with Crippen LogP contribution in [-0.2, 0) is 0 Å². The van der Waals surface area contributed by atoms with Gasteiger partial charge in [0.2, 0.25) is 0 Å². The quantitative estimate of drug-likeness (QED) is 0.400. The maximum Gasteiger partial charge on any atom is 0.255 e. The first-order valence-corrected chi connectivity index (χ1v) is 11.4. The van der Waals surface area contributed by atoms with Crippen molar-refractivity contribution in [1.29, 1.82) is 0 Å². The van der Waals surface area contributed by atoms with Gasteiger partial charge in [0.25, 0.3) is 5.91 Å². The van der Waals surface area contributed by atoms with Gasteiger partial charge in [0.15, 0.2) is 17.0 Å². The molecule has 1 aliphatic heterocycles. The van der Waals surface area contributed by atoms with Crippen molar-refractivity contribution >= 4 is 50.4 Å². The van der Waals surface area contributed by atoms with Crippen molar-refractivity contribution < 1.29 is 9.53 Å². The lowest BCUT2D eigenvalue weighted by Gasteiger charge is -2.35. The van der Waals surface area contributed by atoms with Crippen LogP contribution in [0.3, 0.4) is 0 Å². The Morgan fingerprint density at radius 1 is 1.09 bits per heavy atom. The van der Waals surface area contributed by atoms with E-state index < -0.39 is 0 Å². The molecule has 1 amide bonds. The average Bonchev–Trinajstić information content (AvgIpc) is 3.30. The van der Waals surface area contributed by atoms with E-state index in [9.17, 15) is 4.79 Å². The van der Waals surface area contributed by atoms with Gasteiger partial charge in [-0.2, -0.15) is 4.68 Å². The van der Waals surface area contributed by atoms with Crippen LogP contribution in [0.4, 0.5) is 5.82 Å². The molecule has 4 aromatic rings. The van der Waals surface area contributed by atoms with E-state index in [4.69, 9.17) is 16.3 Å². The fourth-order valence-corrected chi connectivity index (χ4v) is 4.40. The molecule has 1 saturated heterocycles. The van der Waals surface area contributed by atoms with Gasteiger partial charge in [0.05, 0.1) is 23.4 Å². The van der Waals surface area contributed by atoms with Crippen LogP contribution in [0, 0.1) is 0 Å². The van der Waals surface area contributed by atoms with Crippen LogP contribution >= 0.6 is 27.5 Å². The number of fused-ring (bicyclic) bond motifs is 1. The van der Waals surface area contributed by atoms with Crippen molar-refractivity contribution in [2.45, 2.75) is 0 Å². The Labute approximate surface area is 203 Å². The van der Waals surface area contributed by atoms with Gasteiger partial charge in [-0.3, -0.25) is 4.79 Å². The monoisotopic (exact) mass is 527 g/mol. The van der Waals surface area contributed by atoms with Crippen molar-refractivity contribution in [1.82, 2.24) is 29.9 Å². The van der Waals surface area contributed by atoms with Crippen molar-refractivity contribution in [3.8, 4) is 11.4 Å². The molecule has 0 bridgehead atoms. The van der Waals surface area contributed by atoms with E-state index in [1.165, 1.54) is 6.33 Å². The Balaban J connectivity index is 1.37. The molecular formula is C22H19BrClN7O2. The summed E-state index contributed by atoms with van der Waals surface area (Å²) < 4.78 is 7.79. The zero-order chi connectivity index (χ0) is 22.9. The number of ether oxygens (including phenoxy) is 1. The third-order valence-electron chi connectivity index (χ3n) is 5.54. The Morgan fingerprint density at radius 2 is 1.91 bits per heavy atom. The molecule has 1 aliphatic rings. The number of piperazine rings is 1. The van der Waals surface area contributed by atoms with Crippen molar-refractivity contribution in [3.05, 3.63) is 63.9 Å². The molecule has 9 nitrogen and oxygen atoms in total. The molecule has 3 heterocycles. The summed E-state index contributed by atoms with van der Waals surface area (Å²) in [5.74, 6) is 1.33. The van der Waals surface area contributed by atoms with Gasteiger partial charge < -0.3 is 14.5 Å². The number of halogens is 2. The van der Waals surface area contributed by atoms with E-state index in [0.717, 1.165) is 15.9 Å². The second-order valence-electron chi connectivity index (χ2n) is 7.48. The largest absolute Gasteiger partial charge is 0.497 e. The zero-order valence-corrected chi connectivity index (χ0v) is 20.0. The van der Waals surface area contributed by atoms with Crippen LogP contribution in [0.1, 0.15) is 10.4 Å². The summed E-state index contributed by atoms with van der Waals surface area (Å²) in [6.45, 7) is 2.29. The van der Waals surface area contributed by atoms with Crippen molar-refractivity contribution in [2.24, 2.45) is 0 Å². The van der Waals surface area contributed by atoms with Gasteiger partial charge in [0, 0.05) is 36.7 Å². The van der Waals surface area contributed by atoms with Gasteiger partial charge in [-0.1, -0.05) is 38.8 Å². The predicted molar refractivity (Wildman–Crippen MR) is 128 cm³/mol. The number of aromatic nitrogens is 5. The SMILES string of the molecule is COc1cccc(-n2nnc3c(N4CCN(C(=O)c5cc(Br)ccc5Cl)CC4)ncnc32)c1. The van der Waals surface area contributed by atoms with Crippen molar-refractivity contribution in [3.63, 3.8) is 0 Å². The number of anilines is 1. The number of nitrogens with zero attached hydrogens (tertiary/aromatic N) is 7. The first kappa shape index (κ1) is 21.6. The molecule has 0 aliphatic carbocycles. The fraction of sp³-hybridized carbons (Fsp3) is 0.227. The summed E-state index contributed by atoms with van der Waals surface area (Å²) in [4.78, 5) is 25.8. The van der Waals surface area contributed by atoms with E-state index in [-0.39, 0.29) is 5.91 Å². The Hall–Kier alpha value is -3.24. The highest BCUT2D eigenvalue weighted by molar-refractivity contribution is 9.10. The summed E-state index contributed by atoms with van der Waals surface area (Å²) >= 11 is 9.66. The third kappa shape index (κ3) is 4.11. The molecule has 11 heteroatoms. The lowest BCUT2D eigenvalue weighted by atomic mass is 10.2. The summed E-state index contributed by atoms with van der Waals surface area (Å²) in [6.07, 6.45) is 1.51. The second kappa shape index (κ2) is 8.95. The number of rotatable bonds is 4. The highest BCUT2D eigenvalue weighted by Crippen LogP contribution is 2.26. The Kier molecular flexibility index (Phi) is 5.86. The number of carbonyl (C=O) groups excluding carboxylic acids is 1. The molecule has 2 aromatic carbocycles. The zero-order valence-electron chi connectivity index (χ0n) is 17.7. The number of methoxy groups -OCH3 is 1. The topological polar surface area (TPSA) is 89.3 Å². The van der Waals surface area contributed by atoms with E-state index >= 15 is 0 Å². The molecular weight excluding hydrogens is 510 g/mol. The fourth-order valence-electron chi connectivity index (χ4n) is 3.84. The van der Waals surface area contributed by atoms with Crippen molar-refractivity contribution in [2.75, 3.05) is 38.2 Å². The summed E-state index contributed by atoms with van der Waals surface area (Å²) in [7, 11) is 1.62. The van der Waals surface area contributed by atoms with Gasteiger partial charge >= 0.3 is 0 Å². The standard InChI is InChI=1S/C22H19BrClN7O2/c1-33-16-4-2-3-15(12-16)31-21-19(27-28-31)20(25-13-26-21)29-7-9-30(10-8-29)22(32)17-11-14(23)5-6-18(17)24/h2-6,11-13H,7-10H2,1H3. The molecule has 0 saturated carbocycles. The van der Waals surface area contributed by atoms with Crippen LogP contribution < -0.4 is 9.64 Å². The number of amides is 1. The lowest BCUT2D eigenvalue weighted by Crippen LogP contribution is -2.49. The Morgan fingerprint density at radius 3 is 2.70 bits per heavy atom. The molecule has 0 N–H and O–H groups in total. The van der Waals surface area contributed by atoms with E-state index in [1.54, 1.807) is 28.8 Å². The lowest BCUT2D eigenvalue weighted by molar-refractivity contribution is 0.0746. The predicted octanol–water partition coefficient (Wildman–Crippen LogP) is 3.60. The smallest absolute Gasteiger partial charge is 0.255 e. The van der Waals surface area contributed by atoms with E-state index in [2.05, 4.69) is 41.1 Å². The summed E-state index contributed by atoms with van der Waals surface area (Å²) in [5.41, 5.74) is 2.50. The number of benzene rings is 2. The number of carbonyl (C=O) groups is 1. The maximum absolute atomic E-state index is 13.0. The third-order valence-corrected chi connectivity index (χ3v) is 6.36. The first-order chi connectivity index (χ1) is 16.0. The maximum atomic E-state index is 13.0. The van der Waals surface area contributed by atoms with Crippen LogP contribution in [0.15, 0.2) is 53.3 Å². The van der Waals surface area contributed by atoms with E-state index in [1.807, 2.05) is 30.3 Å². The first-order valence-electron chi connectivity index (χ1n) is 10.3. The summed E-state index contributed by atoms with van der Waals surface area (Å²) in [6, 6.07) is 12.8. The normalized spacial score (nSPS) is 14.0. The van der Waals surface area contributed by atoms with E-state index in [0.29, 0.717) is 53.7 Å². The van der Waals surface area contributed by atoms with Crippen LogP contribution in [0.2, 0.25) is 5.02 Å². The van der Waals surface area contributed by atoms with Crippen LogP contribution in [-0.4, -0.2) is 69.1 Å². The van der Waals surface area contributed by atoms with Gasteiger partial charge in [-0.25, -0.2) is 9.97 Å². The molecule has 0 radical (unpaired) electrons. The minimum atomic E-state index is -0.0854. The van der Waals surface area contributed by atoms with Crippen LogP contribution in [0.25, 0.3) is 16.9 Å². The molecule has 5 rings (SSSR count). The highest BCUT2D eigenvalue weighted by Gasteiger charge is 2.26.